The fourth-order valence-electron chi connectivity index (χ4n) is 1.39. The van der Waals surface area contributed by atoms with Crippen molar-refractivity contribution in [3.63, 3.8) is 0 Å². The van der Waals surface area contributed by atoms with Crippen LogP contribution < -0.4 is 11.1 Å². The van der Waals surface area contributed by atoms with Gasteiger partial charge in [-0.25, -0.2) is 0 Å². The highest BCUT2D eigenvalue weighted by atomic mass is 32.1. The lowest BCUT2D eigenvalue weighted by molar-refractivity contribution is -0.115. The molecule has 3 N–H and O–H groups in total. The molecule has 1 amide bonds. The molecule has 0 saturated carbocycles. The van der Waals surface area contributed by atoms with Crippen LogP contribution in [0.3, 0.4) is 0 Å². The van der Waals surface area contributed by atoms with Crippen LogP contribution in [0.1, 0.15) is 4.88 Å². The molecule has 4 heteroatoms. The lowest BCUT2D eigenvalue weighted by atomic mass is 10.2. The molecule has 0 fully saturated rings. The van der Waals surface area contributed by atoms with Gasteiger partial charge in [-0.2, -0.15) is 0 Å². The number of carbonyl (C=O) groups is 1. The quantitative estimate of drug-likeness (QED) is 0.799. The topological polar surface area (TPSA) is 55.1 Å². The number of nitrogen functional groups attached to an aromatic ring is 1. The second-order valence-electron chi connectivity index (χ2n) is 3.43. The van der Waals surface area contributed by atoms with Crippen LogP contribution in [-0.2, 0) is 11.2 Å². The number of thiophene rings is 1. The zero-order valence-electron chi connectivity index (χ0n) is 8.64. The number of nitrogens with one attached hydrogen (secondary N) is 1. The highest BCUT2D eigenvalue weighted by Gasteiger charge is 2.04. The number of rotatable bonds is 3. The molecule has 0 saturated heterocycles. The fraction of sp³-hybridized carbons (Fsp3) is 0.0833. The SMILES string of the molecule is Nc1cccc(NC(=O)Cc2cccs2)c1. The normalized spacial score (nSPS) is 10.0. The molecule has 0 radical (unpaired) electrons. The van der Waals surface area contributed by atoms with Crippen LogP contribution >= 0.6 is 11.3 Å². The lowest BCUT2D eigenvalue weighted by Gasteiger charge is -2.04. The summed E-state index contributed by atoms with van der Waals surface area (Å²) in [6, 6.07) is 11.1. The van der Waals surface area contributed by atoms with Crippen molar-refractivity contribution in [2.45, 2.75) is 6.42 Å². The van der Waals surface area contributed by atoms with Gasteiger partial charge in [0.25, 0.3) is 0 Å². The third-order valence-corrected chi connectivity index (χ3v) is 2.96. The van der Waals surface area contributed by atoms with Gasteiger partial charge in [0, 0.05) is 16.3 Å². The van der Waals surface area contributed by atoms with Crippen molar-refractivity contribution in [3.8, 4) is 0 Å². The summed E-state index contributed by atoms with van der Waals surface area (Å²) in [6.07, 6.45) is 0.409. The van der Waals surface area contributed by atoms with Gasteiger partial charge in [0.1, 0.15) is 0 Å². The number of hydrogen-bond donors (Lipinski definition) is 2. The van der Waals surface area contributed by atoms with Gasteiger partial charge < -0.3 is 11.1 Å². The Labute approximate surface area is 97.9 Å². The molecule has 16 heavy (non-hydrogen) atoms. The van der Waals surface area contributed by atoms with E-state index in [0.29, 0.717) is 12.1 Å². The van der Waals surface area contributed by atoms with Crippen molar-refractivity contribution in [2.75, 3.05) is 11.1 Å². The molecule has 1 heterocycles. The molecule has 0 aliphatic rings. The Kier molecular flexibility index (Phi) is 3.22. The maximum absolute atomic E-state index is 11.6. The van der Waals surface area contributed by atoms with Crippen LogP contribution in [0.15, 0.2) is 41.8 Å². The van der Waals surface area contributed by atoms with Gasteiger partial charge >= 0.3 is 0 Å². The zero-order valence-corrected chi connectivity index (χ0v) is 9.46. The molecule has 1 aromatic carbocycles. The Hall–Kier alpha value is -1.81. The summed E-state index contributed by atoms with van der Waals surface area (Å²) < 4.78 is 0. The second kappa shape index (κ2) is 4.81. The van der Waals surface area contributed by atoms with Gasteiger partial charge in [-0.15, -0.1) is 11.3 Å². The van der Waals surface area contributed by atoms with Crippen LogP contribution in [0.5, 0.6) is 0 Å². The summed E-state index contributed by atoms with van der Waals surface area (Å²) in [7, 11) is 0. The van der Waals surface area contributed by atoms with Crippen LogP contribution in [0.4, 0.5) is 11.4 Å². The molecule has 0 aliphatic heterocycles. The summed E-state index contributed by atoms with van der Waals surface area (Å²) >= 11 is 1.58. The van der Waals surface area contributed by atoms with Gasteiger partial charge in [0.15, 0.2) is 0 Å². The Balaban J connectivity index is 1.97. The van der Waals surface area contributed by atoms with Gasteiger partial charge in [-0.05, 0) is 29.6 Å². The second-order valence-corrected chi connectivity index (χ2v) is 4.46. The average molecular weight is 232 g/mol. The van der Waals surface area contributed by atoms with E-state index < -0.39 is 0 Å². The van der Waals surface area contributed by atoms with Gasteiger partial charge in [-0.3, -0.25) is 4.79 Å². The summed E-state index contributed by atoms with van der Waals surface area (Å²) in [4.78, 5) is 12.7. The first-order valence-corrected chi connectivity index (χ1v) is 5.80. The third-order valence-electron chi connectivity index (χ3n) is 2.09. The molecule has 1 aromatic heterocycles. The van der Waals surface area contributed by atoms with Gasteiger partial charge in [0.05, 0.1) is 6.42 Å². The molecular weight excluding hydrogens is 220 g/mol. The number of amides is 1. The zero-order chi connectivity index (χ0) is 11.4. The molecule has 0 unspecified atom stereocenters. The van der Waals surface area contributed by atoms with Crippen molar-refractivity contribution in [1.29, 1.82) is 0 Å². The molecule has 0 bridgehead atoms. The van der Waals surface area contributed by atoms with E-state index in [0.717, 1.165) is 10.6 Å². The molecule has 82 valence electrons. The van der Waals surface area contributed by atoms with Crippen LogP contribution in [-0.4, -0.2) is 5.91 Å². The number of nitrogens with two attached hydrogens (primary N) is 1. The summed E-state index contributed by atoms with van der Waals surface area (Å²) in [6.45, 7) is 0. The summed E-state index contributed by atoms with van der Waals surface area (Å²) in [5, 5.41) is 4.77. The smallest absolute Gasteiger partial charge is 0.229 e. The minimum atomic E-state index is -0.0203. The molecule has 0 aliphatic carbocycles. The minimum Gasteiger partial charge on any atom is -0.399 e. The molecule has 0 spiro atoms. The Morgan fingerprint density at radius 1 is 1.31 bits per heavy atom. The predicted octanol–water partition coefficient (Wildman–Crippen LogP) is 2.51. The molecule has 3 nitrogen and oxygen atoms in total. The van der Waals surface area contributed by atoms with Crippen molar-refractivity contribution in [1.82, 2.24) is 0 Å². The number of anilines is 2. The summed E-state index contributed by atoms with van der Waals surface area (Å²) in [5.41, 5.74) is 7.01. The molecule has 2 rings (SSSR count). The van der Waals surface area contributed by atoms with E-state index in [1.54, 1.807) is 23.5 Å². The van der Waals surface area contributed by atoms with Gasteiger partial charge in [-0.1, -0.05) is 12.1 Å². The van der Waals surface area contributed by atoms with Crippen LogP contribution in [0, 0.1) is 0 Å². The van der Waals surface area contributed by atoms with E-state index in [4.69, 9.17) is 5.73 Å². The van der Waals surface area contributed by atoms with E-state index in [-0.39, 0.29) is 5.91 Å². The highest BCUT2D eigenvalue weighted by Crippen LogP contribution is 2.14. The summed E-state index contributed by atoms with van der Waals surface area (Å²) in [5.74, 6) is -0.0203. The van der Waals surface area contributed by atoms with E-state index >= 15 is 0 Å². The molecule has 2 aromatic rings. The molecular formula is C12H12N2OS. The van der Waals surface area contributed by atoms with Crippen LogP contribution in [0.25, 0.3) is 0 Å². The Bertz CT molecular complexity index is 480. The number of carbonyl (C=O) groups excluding carboxylic acids is 1. The first kappa shape index (κ1) is 10.7. The third kappa shape index (κ3) is 2.84. The Morgan fingerprint density at radius 2 is 2.19 bits per heavy atom. The van der Waals surface area contributed by atoms with E-state index in [9.17, 15) is 4.79 Å². The maximum Gasteiger partial charge on any atom is 0.229 e. The van der Waals surface area contributed by atoms with Crippen LogP contribution in [0.2, 0.25) is 0 Å². The standard InChI is InChI=1S/C12H12N2OS/c13-9-3-1-4-10(7-9)14-12(15)8-11-5-2-6-16-11/h1-7H,8,13H2,(H,14,15). The van der Waals surface area contributed by atoms with Crippen molar-refractivity contribution in [3.05, 3.63) is 46.7 Å². The highest BCUT2D eigenvalue weighted by molar-refractivity contribution is 7.10. The lowest BCUT2D eigenvalue weighted by Crippen LogP contribution is -2.13. The predicted molar refractivity (Wildman–Crippen MR) is 67.5 cm³/mol. The van der Waals surface area contributed by atoms with E-state index in [1.165, 1.54) is 0 Å². The first-order chi connectivity index (χ1) is 7.74. The van der Waals surface area contributed by atoms with E-state index in [1.807, 2.05) is 29.6 Å². The average Bonchev–Trinajstić information content (AvgIpc) is 2.70. The minimum absolute atomic E-state index is 0.0203. The first-order valence-electron chi connectivity index (χ1n) is 4.92. The largest absolute Gasteiger partial charge is 0.399 e. The maximum atomic E-state index is 11.6. The van der Waals surface area contributed by atoms with Crippen molar-refractivity contribution >= 4 is 28.6 Å². The number of hydrogen-bond acceptors (Lipinski definition) is 3. The van der Waals surface area contributed by atoms with Gasteiger partial charge in [0.2, 0.25) is 5.91 Å². The van der Waals surface area contributed by atoms with Crippen molar-refractivity contribution in [2.24, 2.45) is 0 Å². The molecule has 0 atom stereocenters. The number of benzene rings is 1. The fourth-order valence-corrected chi connectivity index (χ4v) is 2.10. The van der Waals surface area contributed by atoms with E-state index in [2.05, 4.69) is 5.32 Å². The monoisotopic (exact) mass is 232 g/mol. The van der Waals surface area contributed by atoms with Crippen molar-refractivity contribution < 1.29 is 4.79 Å². The Morgan fingerprint density at radius 3 is 2.88 bits per heavy atom.